The van der Waals surface area contributed by atoms with E-state index in [1.54, 1.807) is 19.3 Å². The summed E-state index contributed by atoms with van der Waals surface area (Å²) in [7, 11) is 1.72. The van der Waals surface area contributed by atoms with Crippen LogP contribution >= 0.6 is 0 Å². The molecule has 0 bridgehead atoms. The Morgan fingerprint density at radius 2 is 2.12 bits per heavy atom. The number of rotatable bonds is 4. The van der Waals surface area contributed by atoms with Gasteiger partial charge in [0.05, 0.1) is 0 Å². The average Bonchev–Trinajstić information content (AvgIpc) is 3.17. The van der Waals surface area contributed by atoms with Crippen molar-refractivity contribution >= 4 is 17.4 Å². The van der Waals surface area contributed by atoms with Crippen molar-refractivity contribution in [3.05, 3.63) is 41.5 Å². The van der Waals surface area contributed by atoms with Crippen LogP contribution in [0.15, 0.2) is 24.4 Å². The van der Waals surface area contributed by atoms with Gasteiger partial charge in [0, 0.05) is 37.0 Å². The van der Waals surface area contributed by atoms with E-state index >= 15 is 0 Å². The molecule has 124 valence electrons. The van der Waals surface area contributed by atoms with Gasteiger partial charge in [0.15, 0.2) is 17.2 Å². The molecule has 1 fully saturated rings. The van der Waals surface area contributed by atoms with Crippen LogP contribution in [0.1, 0.15) is 47.1 Å². The van der Waals surface area contributed by atoms with Crippen molar-refractivity contribution in [2.24, 2.45) is 7.05 Å². The number of carbonyl (C=O) groups excluding carboxylic acids is 1. The molecule has 1 aliphatic carbocycles. The minimum absolute atomic E-state index is 0.0167. The number of anilines is 1. The minimum atomic E-state index is -2.69. The zero-order chi connectivity index (χ0) is 16.8. The van der Waals surface area contributed by atoms with Crippen LogP contribution in [0.25, 0.3) is 5.65 Å². The summed E-state index contributed by atoms with van der Waals surface area (Å²) < 4.78 is 29.2. The SMILES string of the molecule is Cn1ccc(NC(=O)c2cc3nc(C4CC4)cc(C(F)F)n3n2)n1. The first kappa shape index (κ1) is 14.7. The fourth-order valence-electron chi connectivity index (χ4n) is 2.53. The Bertz CT molecular complexity index is 927. The molecular formula is C15H14F2N6O. The van der Waals surface area contributed by atoms with Gasteiger partial charge in [-0.15, -0.1) is 0 Å². The minimum Gasteiger partial charge on any atom is -0.304 e. The van der Waals surface area contributed by atoms with Gasteiger partial charge in [-0.2, -0.15) is 10.2 Å². The Morgan fingerprint density at radius 3 is 2.75 bits per heavy atom. The van der Waals surface area contributed by atoms with Gasteiger partial charge in [0.25, 0.3) is 12.3 Å². The second kappa shape index (κ2) is 5.36. The molecule has 0 aliphatic heterocycles. The number of hydrogen-bond donors (Lipinski definition) is 1. The summed E-state index contributed by atoms with van der Waals surface area (Å²) in [6.07, 6.45) is 0.886. The van der Waals surface area contributed by atoms with Crippen LogP contribution in [-0.4, -0.2) is 30.3 Å². The van der Waals surface area contributed by atoms with Crippen molar-refractivity contribution in [3.8, 4) is 0 Å². The molecule has 0 atom stereocenters. The fraction of sp³-hybridized carbons (Fsp3) is 0.333. The largest absolute Gasteiger partial charge is 0.304 e. The molecule has 3 aromatic rings. The molecule has 1 saturated carbocycles. The molecule has 4 rings (SSSR count). The van der Waals surface area contributed by atoms with E-state index < -0.39 is 12.3 Å². The Morgan fingerprint density at radius 1 is 1.33 bits per heavy atom. The second-order valence-electron chi connectivity index (χ2n) is 5.81. The summed E-state index contributed by atoms with van der Waals surface area (Å²) in [5.41, 5.74) is 0.650. The zero-order valence-corrected chi connectivity index (χ0v) is 12.8. The van der Waals surface area contributed by atoms with E-state index in [4.69, 9.17) is 0 Å². The molecule has 3 heterocycles. The summed E-state index contributed by atoms with van der Waals surface area (Å²) in [5.74, 6) is 0.0702. The van der Waals surface area contributed by atoms with Gasteiger partial charge in [-0.05, 0) is 18.9 Å². The van der Waals surface area contributed by atoms with Crippen LogP contribution in [0.4, 0.5) is 14.6 Å². The Balaban J connectivity index is 1.71. The number of nitrogens with zero attached hydrogens (tertiary/aromatic N) is 5. The molecule has 1 N–H and O–H groups in total. The first-order valence-electron chi connectivity index (χ1n) is 7.51. The third kappa shape index (κ3) is 2.61. The van der Waals surface area contributed by atoms with Gasteiger partial charge in [-0.3, -0.25) is 9.48 Å². The number of aromatic nitrogens is 5. The lowest BCUT2D eigenvalue weighted by Gasteiger charge is -2.06. The van der Waals surface area contributed by atoms with Gasteiger partial charge in [0.2, 0.25) is 0 Å². The highest BCUT2D eigenvalue weighted by atomic mass is 19.3. The number of carbonyl (C=O) groups is 1. The molecule has 24 heavy (non-hydrogen) atoms. The van der Waals surface area contributed by atoms with Gasteiger partial charge >= 0.3 is 0 Å². The molecule has 0 aromatic carbocycles. The normalized spacial score (nSPS) is 14.5. The van der Waals surface area contributed by atoms with Crippen LogP contribution in [0.2, 0.25) is 0 Å². The molecule has 7 nitrogen and oxygen atoms in total. The van der Waals surface area contributed by atoms with Crippen LogP contribution in [0.5, 0.6) is 0 Å². The lowest BCUT2D eigenvalue weighted by Crippen LogP contribution is -2.13. The van der Waals surface area contributed by atoms with Gasteiger partial charge in [0.1, 0.15) is 5.69 Å². The number of fused-ring (bicyclic) bond motifs is 1. The Kier molecular flexibility index (Phi) is 3.29. The molecule has 3 aromatic heterocycles. The molecule has 9 heteroatoms. The highest BCUT2D eigenvalue weighted by molar-refractivity contribution is 6.02. The van der Waals surface area contributed by atoms with Crippen molar-refractivity contribution in [2.75, 3.05) is 5.32 Å². The Labute approximate surface area is 135 Å². The molecular weight excluding hydrogens is 318 g/mol. The van der Waals surface area contributed by atoms with Crippen molar-refractivity contribution in [2.45, 2.75) is 25.2 Å². The quantitative estimate of drug-likeness (QED) is 0.796. The van der Waals surface area contributed by atoms with Crippen LogP contribution in [0.3, 0.4) is 0 Å². The van der Waals surface area contributed by atoms with Crippen LogP contribution < -0.4 is 5.32 Å². The monoisotopic (exact) mass is 332 g/mol. The maximum Gasteiger partial charge on any atom is 0.280 e. The first-order chi connectivity index (χ1) is 11.5. The average molecular weight is 332 g/mol. The number of alkyl halides is 2. The van der Waals surface area contributed by atoms with Gasteiger partial charge < -0.3 is 5.32 Å². The number of halogens is 2. The van der Waals surface area contributed by atoms with Gasteiger partial charge in [-0.1, -0.05) is 0 Å². The van der Waals surface area contributed by atoms with Gasteiger partial charge in [-0.25, -0.2) is 18.3 Å². The summed E-state index contributed by atoms with van der Waals surface area (Å²) in [6.45, 7) is 0. The van der Waals surface area contributed by atoms with E-state index in [0.29, 0.717) is 11.5 Å². The summed E-state index contributed by atoms with van der Waals surface area (Å²) in [4.78, 5) is 16.6. The highest BCUT2D eigenvalue weighted by Crippen LogP contribution is 2.40. The number of hydrogen-bond acceptors (Lipinski definition) is 4. The van der Waals surface area contributed by atoms with E-state index in [2.05, 4.69) is 20.5 Å². The number of amides is 1. The second-order valence-corrected chi connectivity index (χ2v) is 5.81. The fourth-order valence-corrected chi connectivity index (χ4v) is 2.53. The maximum atomic E-state index is 13.3. The van der Waals surface area contributed by atoms with E-state index in [0.717, 1.165) is 17.4 Å². The topological polar surface area (TPSA) is 77.1 Å². The Hall–Kier alpha value is -2.84. The molecule has 0 unspecified atom stereocenters. The molecule has 0 radical (unpaired) electrons. The van der Waals surface area contributed by atoms with Crippen molar-refractivity contribution in [1.82, 2.24) is 24.4 Å². The lowest BCUT2D eigenvalue weighted by molar-refractivity contribution is 0.102. The molecule has 1 aliphatic rings. The standard InChI is InChI=1S/C15H14F2N6O/c1-22-5-4-12(21-22)19-15(24)10-7-13-18-9(8-2-3-8)6-11(14(16)17)23(13)20-10/h4-8,14H,2-3H2,1H3,(H,19,21,24). The highest BCUT2D eigenvalue weighted by Gasteiger charge is 2.28. The van der Waals surface area contributed by atoms with Crippen LogP contribution in [-0.2, 0) is 7.05 Å². The van der Waals surface area contributed by atoms with Crippen molar-refractivity contribution in [3.63, 3.8) is 0 Å². The summed E-state index contributed by atoms with van der Waals surface area (Å²) in [6, 6.07) is 4.42. The number of nitrogens with one attached hydrogen (secondary N) is 1. The predicted molar refractivity (Wildman–Crippen MR) is 81.1 cm³/mol. The predicted octanol–water partition coefficient (Wildman–Crippen LogP) is 2.53. The summed E-state index contributed by atoms with van der Waals surface area (Å²) in [5, 5.41) is 10.6. The number of aryl methyl sites for hydroxylation is 1. The third-order valence-electron chi connectivity index (χ3n) is 3.88. The molecule has 1 amide bonds. The smallest absolute Gasteiger partial charge is 0.280 e. The third-order valence-corrected chi connectivity index (χ3v) is 3.88. The van der Waals surface area contributed by atoms with Crippen molar-refractivity contribution < 1.29 is 13.6 Å². The lowest BCUT2D eigenvalue weighted by atomic mass is 10.2. The van der Waals surface area contributed by atoms with E-state index in [1.165, 1.54) is 16.8 Å². The van der Waals surface area contributed by atoms with Crippen molar-refractivity contribution in [1.29, 1.82) is 0 Å². The van der Waals surface area contributed by atoms with Crippen LogP contribution in [0, 0.1) is 0 Å². The first-order valence-corrected chi connectivity index (χ1v) is 7.51. The molecule has 0 saturated heterocycles. The maximum absolute atomic E-state index is 13.3. The zero-order valence-electron chi connectivity index (χ0n) is 12.8. The van der Waals surface area contributed by atoms with E-state index in [9.17, 15) is 13.6 Å². The summed E-state index contributed by atoms with van der Waals surface area (Å²) >= 11 is 0. The van der Waals surface area contributed by atoms with E-state index in [-0.39, 0.29) is 23.0 Å². The van der Waals surface area contributed by atoms with E-state index in [1.807, 2.05) is 0 Å². The molecule has 0 spiro atoms.